The number of aryl methyl sites for hydroxylation is 2. The summed E-state index contributed by atoms with van der Waals surface area (Å²) in [5.74, 6) is 0.654. The summed E-state index contributed by atoms with van der Waals surface area (Å²) in [4.78, 5) is 22.1. The van der Waals surface area contributed by atoms with Crippen molar-refractivity contribution in [1.29, 1.82) is 0 Å². The van der Waals surface area contributed by atoms with Crippen LogP contribution in [0.2, 0.25) is 0 Å². The van der Waals surface area contributed by atoms with Crippen molar-refractivity contribution in [1.82, 2.24) is 14.5 Å². The minimum atomic E-state index is -0.892. The standard InChI is InChI=1S/C26H21N3O2S/c1-14-13-15(2)27-25-22(14)28-24(17-7-8-17)29(25)18-11-9-16(10-12-18)21-19-5-3-4-6-20(19)32-23(21)26(30)31/h3-6,9-13,17H,7-8H2,1-2H3,(H,30,31). The molecule has 6 rings (SSSR count). The van der Waals surface area contributed by atoms with Gasteiger partial charge < -0.3 is 5.11 Å². The second-order valence-corrected chi connectivity index (χ2v) is 9.54. The number of fused-ring (bicyclic) bond motifs is 2. The first kappa shape index (κ1) is 19.2. The van der Waals surface area contributed by atoms with Crippen LogP contribution in [0, 0.1) is 13.8 Å². The fraction of sp³-hybridized carbons (Fsp3) is 0.192. The summed E-state index contributed by atoms with van der Waals surface area (Å²) in [7, 11) is 0. The summed E-state index contributed by atoms with van der Waals surface area (Å²) in [5, 5.41) is 10.8. The molecule has 158 valence electrons. The summed E-state index contributed by atoms with van der Waals surface area (Å²) >= 11 is 1.32. The second-order valence-electron chi connectivity index (χ2n) is 8.49. The second kappa shape index (κ2) is 7.00. The van der Waals surface area contributed by atoms with Crippen LogP contribution >= 0.6 is 11.3 Å². The number of carboxylic acid groups (broad SMARTS) is 1. The summed E-state index contributed by atoms with van der Waals surface area (Å²) in [5.41, 5.74) is 6.66. The highest BCUT2D eigenvalue weighted by Crippen LogP contribution is 2.43. The van der Waals surface area contributed by atoms with Crippen molar-refractivity contribution in [3.8, 4) is 16.8 Å². The number of imidazole rings is 1. The van der Waals surface area contributed by atoms with Gasteiger partial charge in [-0.15, -0.1) is 11.3 Å². The van der Waals surface area contributed by atoms with Gasteiger partial charge in [0.25, 0.3) is 0 Å². The molecule has 0 aliphatic heterocycles. The van der Waals surface area contributed by atoms with Crippen molar-refractivity contribution < 1.29 is 9.90 Å². The van der Waals surface area contributed by atoms with Crippen molar-refractivity contribution in [3.63, 3.8) is 0 Å². The number of pyridine rings is 1. The first-order chi connectivity index (χ1) is 15.5. The number of thiophene rings is 1. The summed E-state index contributed by atoms with van der Waals surface area (Å²) in [6.45, 7) is 4.10. The zero-order valence-electron chi connectivity index (χ0n) is 17.8. The Balaban J connectivity index is 1.53. The van der Waals surface area contributed by atoms with Crippen LogP contribution in [0.3, 0.4) is 0 Å². The Morgan fingerprint density at radius 2 is 1.81 bits per heavy atom. The van der Waals surface area contributed by atoms with Crippen LogP contribution in [0.1, 0.15) is 45.5 Å². The summed E-state index contributed by atoms with van der Waals surface area (Å²) < 4.78 is 3.16. The van der Waals surface area contributed by atoms with Crippen molar-refractivity contribution in [2.45, 2.75) is 32.6 Å². The fourth-order valence-electron chi connectivity index (χ4n) is 4.51. The van der Waals surface area contributed by atoms with Crippen LogP contribution in [0.5, 0.6) is 0 Å². The number of rotatable bonds is 4. The Labute approximate surface area is 189 Å². The van der Waals surface area contributed by atoms with E-state index in [4.69, 9.17) is 9.97 Å². The molecule has 0 bridgehead atoms. The van der Waals surface area contributed by atoms with Crippen LogP contribution in [0.15, 0.2) is 54.6 Å². The Morgan fingerprint density at radius 3 is 2.53 bits per heavy atom. The lowest BCUT2D eigenvalue weighted by atomic mass is 10.0. The molecule has 1 aliphatic carbocycles. The monoisotopic (exact) mass is 439 g/mol. The Morgan fingerprint density at radius 1 is 1.06 bits per heavy atom. The third-order valence-corrected chi connectivity index (χ3v) is 7.27. The minimum absolute atomic E-state index is 0.374. The molecule has 0 radical (unpaired) electrons. The molecule has 1 N–H and O–H groups in total. The lowest BCUT2D eigenvalue weighted by Gasteiger charge is -2.10. The highest BCUT2D eigenvalue weighted by molar-refractivity contribution is 7.21. The Kier molecular flexibility index (Phi) is 4.20. The number of aromatic nitrogens is 3. The number of nitrogens with zero attached hydrogens (tertiary/aromatic N) is 3. The van der Waals surface area contributed by atoms with E-state index in [0.717, 1.165) is 68.0 Å². The van der Waals surface area contributed by atoms with Crippen LogP contribution in [0.4, 0.5) is 0 Å². The Bertz CT molecular complexity index is 1520. The van der Waals surface area contributed by atoms with E-state index in [1.807, 2.05) is 43.3 Å². The van der Waals surface area contributed by atoms with Crippen LogP contribution in [0.25, 0.3) is 38.1 Å². The van der Waals surface area contributed by atoms with Crippen LogP contribution in [-0.4, -0.2) is 25.6 Å². The smallest absolute Gasteiger partial charge is 0.346 e. The molecule has 0 unspecified atom stereocenters. The first-order valence-corrected chi connectivity index (χ1v) is 11.5. The molecule has 0 atom stereocenters. The van der Waals surface area contributed by atoms with E-state index in [1.54, 1.807) is 0 Å². The highest BCUT2D eigenvalue weighted by Gasteiger charge is 2.31. The van der Waals surface area contributed by atoms with E-state index in [9.17, 15) is 9.90 Å². The van der Waals surface area contributed by atoms with Gasteiger partial charge in [0.1, 0.15) is 16.2 Å². The normalized spacial score (nSPS) is 13.8. The minimum Gasteiger partial charge on any atom is -0.477 e. The number of carboxylic acids is 1. The van der Waals surface area contributed by atoms with Gasteiger partial charge in [0.15, 0.2) is 5.65 Å². The van der Waals surface area contributed by atoms with Gasteiger partial charge in [-0.25, -0.2) is 14.8 Å². The summed E-state index contributed by atoms with van der Waals surface area (Å²) in [6, 6.07) is 18.1. The molecule has 0 saturated heterocycles. The van der Waals surface area contributed by atoms with Crippen molar-refractivity contribution >= 4 is 38.6 Å². The van der Waals surface area contributed by atoms with E-state index in [-0.39, 0.29) is 0 Å². The number of aromatic carboxylic acids is 1. The average molecular weight is 440 g/mol. The highest BCUT2D eigenvalue weighted by atomic mass is 32.1. The van der Waals surface area contributed by atoms with Gasteiger partial charge in [0, 0.05) is 32.9 Å². The number of carbonyl (C=O) groups is 1. The number of benzene rings is 2. The predicted molar refractivity (Wildman–Crippen MR) is 128 cm³/mol. The van der Waals surface area contributed by atoms with E-state index in [1.165, 1.54) is 11.3 Å². The Hall–Kier alpha value is -3.51. The molecule has 0 spiro atoms. The maximum Gasteiger partial charge on any atom is 0.346 e. The lowest BCUT2D eigenvalue weighted by molar-refractivity contribution is 0.0703. The van der Waals surface area contributed by atoms with Gasteiger partial charge in [-0.05, 0) is 62.1 Å². The molecule has 0 amide bonds. The van der Waals surface area contributed by atoms with E-state index in [2.05, 4.69) is 29.7 Å². The number of hydrogen-bond donors (Lipinski definition) is 1. The molecule has 1 saturated carbocycles. The zero-order valence-corrected chi connectivity index (χ0v) is 18.6. The molecular weight excluding hydrogens is 418 g/mol. The molecule has 5 aromatic rings. The van der Waals surface area contributed by atoms with Gasteiger partial charge in [-0.2, -0.15) is 0 Å². The van der Waals surface area contributed by atoms with Crippen LogP contribution < -0.4 is 0 Å². The maximum absolute atomic E-state index is 11.9. The van der Waals surface area contributed by atoms with E-state index >= 15 is 0 Å². The molecule has 3 aromatic heterocycles. The molecular formula is C26H21N3O2S. The van der Waals surface area contributed by atoms with Gasteiger partial charge in [-0.3, -0.25) is 4.57 Å². The van der Waals surface area contributed by atoms with E-state index in [0.29, 0.717) is 10.8 Å². The average Bonchev–Trinajstić information content (AvgIpc) is 3.44. The van der Waals surface area contributed by atoms with Crippen molar-refractivity contribution in [3.05, 3.63) is 76.6 Å². The predicted octanol–water partition coefficient (Wildman–Crippen LogP) is 6.49. The number of hydrogen-bond acceptors (Lipinski definition) is 4. The van der Waals surface area contributed by atoms with Crippen molar-refractivity contribution in [2.24, 2.45) is 0 Å². The lowest BCUT2D eigenvalue weighted by Crippen LogP contribution is -2.01. The zero-order chi connectivity index (χ0) is 22.0. The largest absolute Gasteiger partial charge is 0.477 e. The SMILES string of the molecule is Cc1cc(C)c2nc(C3CC3)n(-c3ccc(-c4c(C(=O)O)sc5ccccc45)cc3)c2n1. The molecule has 6 heteroatoms. The molecule has 5 nitrogen and oxygen atoms in total. The first-order valence-electron chi connectivity index (χ1n) is 10.7. The van der Waals surface area contributed by atoms with Gasteiger partial charge in [0.2, 0.25) is 0 Å². The third kappa shape index (κ3) is 2.94. The molecule has 1 aliphatic rings. The maximum atomic E-state index is 11.9. The van der Waals surface area contributed by atoms with Gasteiger partial charge >= 0.3 is 5.97 Å². The van der Waals surface area contributed by atoms with E-state index < -0.39 is 5.97 Å². The van der Waals surface area contributed by atoms with Gasteiger partial charge in [0.05, 0.1) is 0 Å². The molecule has 2 aromatic carbocycles. The molecule has 32 heavy (non-hydrogen) atoms. The fourth-order valence-corrected chi connectivity index (χ4v) is 5.57. The molecule has 3 heterocycles. The van der Waals surface area contributed by atoms with Crippen molar-refractivity contribution in [2.75, 3.05) is 0 Å². The van der Waals surface area contributed by atoms with Gasteiger partial charge in [-0.1, -0.05) is 30.3 Å². The molecule has 1 fully saturated rings. The van der Waals surface area contributed by atoms with Crippen LogP contribution in [-0.2, 0) is 0 Å². The third-order valence-electron chi connectivity index (χ3n) is 6.11. The topological polar surface area (TPSA) is 68.0 Å². The summed E-state index contributed by atoms with van der Waals surface area (Å²) in [6.07, 6.45) is 2.31. The quantitative estimate of drug-likeness (QED) is 0.347.